The van der Waals surface area contributed by atoms with Gasteiger partial charge in [-0.3, -0.25) is 9.69 Å². The maximum Gasteiger partial charge on any atom is 0.238 e. The Kier molecular flexibility index (Phi) is 4.63. The highest BCUT2D eigenvalue weighted by Crippen LogP contribution is 2.25. The van der Waals surface area contributed by atoms with Gasteiger partial charge in [-0.1, -0.05) is 12.1 Å². The molecule has 0 atom stereocenters. The quantitative estimate of drug-likeness (QED) is 0.876. The molecule has 0 aliphatic carbocycles. The van der Waals surface area contributed by atoms with Crippen LogP contribution in [0.3, 0.4) is 0 Å². The molecule has 1 aliphatic heterocycles. The van der Waals surface area contributed by atoms with Crippen LogP contribution in [0, 0.1) is 0 Å². The number of anilines is 1. The third kappa shape index (κ3) is 3.48. The van der Waals surface area contributed by atoms with E-state index in [0.717, 1.165) is 30.1 Å². The van der Waals surface area contributed by atoms with Crippen molar-refractivity contribution in [1.82, 2.24) is 4.90 Å². The first-order chi connectivity index (χ1) is 10.3. The summed E-state index contributed by atoms with van der Waals surface area (Å²) in [4.78, 5) is 17.0. The fraction of sp³-hybridized carbons (Fsp3) is 0.312. The second kappa shape index (κ2) is 6.64. The largest absolute Gasteiger partial charge is 0.324 e. The first-order valence-electron chi connectivity index (χ1n) is 6.97. The number of nitrogens with one attached hydrogen (secondary N) is 1. The van der Waals surface area contributed by atoms with E-state index in [1.54, 1.807) is 11.8 Å². The Morgan fingerprint density at radius 2 is 2.24 bits per heavy atom. The molecule has 5 heteroatoms. The average Bonchev–Trinajstić information content (AvgIpc) is 2.95. The third-order valence-corrected chi connectivity index (χ3v) is 5.45. The van der Waals surface area contributed by atoms with E-state index in [1.165, 1.54) is 10.4 Å². The summed E-state index contributed by atoms with van der Waals surface area (Å²) in [6, 6.07) is 10.1. The van der Waals surface area contributed by atoms with Crippen LogP contribution in [0.25, 0.3) is 0 Å². The standard InChI is InChI=1S/C16H18N2OS2/c1-20-15-5-3-2-4-13(15)17-16(19)11-18-8-6-14-12(10-18)7-9-21-14/h2-5,7,9H,6,8,10-11H2,1H3,(H,17,19). The molecule has 0 bridgehead atoms. The van der Waals surface area contributed by atoms with E-state index in [2.05, 4.69) is 21.7 Å². The van der Waals surface area contributed by atoms with Crippen molar-refractivity contribution in [2.24, 2.45) is 0 Å². The van der Waals surface area contributed by atoms with Gasteiger partial charge in [0.1, 0.15) is 0 Å². The molecule has 3 rings (SSSR count). The van der Waals surface area contributed by atoms with Crippen molar-refractivity contribution < 1.29 is 4.79 Å². The Hall–Kier alpha value is -1.30. The maximum absolute atomic E-state index is 12.2. The molecular weight excluding hydrogens is 300 g/mol. The maximum atomic E-state index is 12.2. The smallest absolute Gasteiger partial charge is 0.238 e. The van der Waals surface area contributed by atoms with Crippen LogP contribution in [0.4, 0.5) is 5.69 Å². The van der Waals surface area contributed by atoms with E-state index < -0.39 is 0 Å². The van der Waals surface area contributed by atoms with Gasteiger partial charge in [0.2, 0.25) is 5.91 Å². The van der Waals surface area contributed by atoms with Gasteiger partial charge < -0.3 is 5.32 Å². The number of thiophene rings is 1. The van der Waals surface area contributed by atoms with Crippen LogP contribution in [0.5, 0.6) is 0 Å². The molecule has 0 saturated carbocycles. The van der Waals surface area contributed by atoms with E-state index in [0.29, 0.717) is 6.54 Å². The van der Waals surface area contributed by atoms with Crippen LogP contribution in [0.2, 0.25) is 0 Å². The minimum atomic E-state index is 0.0650. The molecule has 1 aliphatic rings. The fourth-order valence-corrected chi connectivity index (χ4v) is 4.03. The second-order valence-electron chi connectivity index (χ2n) is 5.08. The van der Waals surface area contributed by atoms with Gasteiger partial charge in [0.25, 0.3) is 0 Å². The SMILES string of the molecule is CSc1ccccc1NC(=O)CN1CCc2sccc2C1. The molecule has 0 spiro atoms. The summed E-state index contributed by atoms with van der Waals surface area (Å²) in [6.07, 6.45) is 3.08. The van der Waals surface area contributed by atoms with Crippen LogP contribution >= 0.6 is 23.1 Å². The van der Waals surface area contributed by atoms with Crippen molar-refractivity contribution in [3.8, 4) is 0 Å². The molecule has 110 valence electrons. The van der Waals surface area contributed by atoms with E-state index >= 15 is 0 Å². The van der Waals surface area contributed by atoms with Crippen molar-refractivity contribution >= 4 is 34.7 Å². The Morgan fingerprint density at radius 3 is 3.10 bits per heavy atom. The van der Waals surface area contributed by atoms with Gasteiger partial charge in [-0.2, -0.15) is 0 Å². The highest BCUT2D eigenvalue weighted by Gasteiger charge is 2.19. The zero-order valence-corrected chi connectivity index (χ0v) is 13.6. The minimum Gasteiger partial charge on any atom is -0.324 e. The number of fused-ring (bicyclic) bond motifs is 1. The predicted octanol–water partition coefficient (Wildman–Crippen LogP) is 3.47. The number of thioether (sulfide) groups is 1. The lowest BCUT2D eigenvalue weighted by molar-refractivity contribution is -0.117. The number of hydrogen-bond acceptors (Lipinski definition) is 4. The van der Waals surface area contributed by atoms with Crippen molar-refractivity contribution in [2.45, 2.75) is 17.9 Å². The predicted molar refractivity (Wildman–Crippen MR) is 90.2 cm³/mol. The number of rotatable bonds is 4. The summed E-state index contributed by atoms with van der Waals surface area (Å²) in [5, 5.41) is 5.17. The normalized spacial score (nSPS) is 14.7. The molecule has 0 fully saturated rings. The van der Waals surface area contributed by atoms with Gasteiger partial charge in [0.05, 0.1) is 12.2 Å². The summed E-state index contributed by atoms with van der Waals surface area (Å²) in [5.74, 6) is 0.0650. The molecule has 21 heavy (non-hydrogen) atoms. The lowest BCUT2D eigenvalue weighted by Crippen LogP contribution is -2.36. The van der Waals surface area contributed by atoms with Gasteiger partial charge in [0.15, 0.2) is 0 Å². The van der Waals surface area contributed by atoms with Crippen LogP contribution in [-0.4, -0.2) is 30.2 Å². The van der Waals surface area contributed by atoms with Crippen molar-refractivity contribution in [3.05, 3.63) is 46.2 Å². The summed E-state index contributed by atoms with van der Waals surface area (Å²) in [6.45, 7) is 2.31. The Bertz CT molecular complexity index is 639. The topological polar surface area (TPSA) is 32.3 Å². The van der Waals surface area contributed by atoms with Gasteiger partial charge in [-0.25, -0.2) is 0 Å². The van der Waals surface area contributed by atoms with Crippen LogP contribution < -0.4 is 5.32 Å². The molecule has 0 unspecified atom stereocenters. The molecular formula is C16H18N2OS2. The lowest BCUT2D eigenvalue weighted by atomic mass is 10.1. The number of benzene rings is 1. The minimum absolute atomic E-state index is 0.0650. The van der Waals surface area contributed by atoms with Crippen LogP contribution in [-0.2, 0) is 17.8 Å². The van der Waals surface area contributed by atoms with Crippen molar-refractivity contribution in [3.63, 3.8) is 0 Å². The average molecular weight is 318 g/mol. The molecule has 3 nitrogen and oxygen atoms in total. The van der Waals surface area contributed by atoms with E-state index in [9.17, 15) is 4.79 Å². The van der Waals surface area contributed by atoms with Crippen LogP contribution in [0.15, 0.2) is 40.6 Å². The number of nitrogens with zero attached hydrogens (tertiary/aromatic N) is 1. The van der Waals surface area contributed by atoms with E-state index in [4.69, 9.17) is 0 Å². The molecule has 0 saturated heterocycles. The number of amides is 1. The molecule has 0 radical (unpaired) electrons. The number of carbonyl (C=O) groups is 1. The fourth-order valence-electron chi connectivity index (χ4n) is 2.58. The number of para-hydroxylation sites is 1. The summed E-state index contributed by atoms with van der Waals surface area (Å²) in [5.41, 5.74) is 2.28. The van der Waals surface area contributed by atoms with Gasteiger partial charge in [-0.05, 0) is 41.8 Å². The zero-order valence-electron chi connectivity index (χ0n) is 12.0. The summed E-state index contributed by atoms with van der Waals surface area (Å²) < 4.78 is 0. The van der Waals surface area contributed by atoms with Crippen LogP contribution in [0.1, 0.15) is 10.4 Å². The van der Waals surface area contributed by atoms with Gasteiger partial charge in [-0.15, -0.1) is 23.1 Å². The lowest BCUT2D eigenvalue weighted by Gasteiger charge is -2.26. The first-order valence-corrected chi connectivity index (χ1v) is 9.07. The molecule has 1 N–H and O–H groups in total. The zero-order chi connectivity index (χ0) is 14.7. The monoisotopic (exact) mass is 318 g/mol. The first kappa shape index (κ1) is 14.6. The second-order valence-corrected chi connectivity index (χ2v) is 6.93. The van der Waals surface area contributed by atoms with Crippen molar-refractivity contribution in [1.29, 1.82) is 0 Å². The third-order valence-electron chi connectivity index (χ3n) is 3.64. The molecule has 2 heterocycles. The molecule has 1 aromatic carbocycles. The Labute approximate surface area is 133 Å². The summed E-state index contributed by atoms with van der Waals surface area (Å²) >= 11 is 3.47. The Balaban J connectivity index is 1.60. The number of carbonyl (C=O) groups excluding carboxylic acids is 1. The Morgan fingerprint density at radius 1 is 1.38 bits per heavy atom. The van der Waals surface area contributed by atoms with E-state index in [1.807, 2.05) is 41.9 Å². The van der Waals surface area contributed by atoms with E-state index in [-0.39, 0.29) is 5.91 Å². The van der Waals surface area contributed by atoms with Gasteiger partial charge >= 0.3 is 0 Å². The molecule has 1 aromatic heterocycles. The van der Waals surface area contributed by atoms with Crippen molar-refractivity contribution in [2.75, 3.05) is 24.7 Å². The molecule has 2 aromatic rings. The van der Waals surface area contributed by atoms with Gasteiger partial charge in [0, 0.05) is 22.9 Å². The molecule has 1 amide bonds. The summed E-state index contributed by atoms with van der Waals surface area (Å²) in [7, 11) is 0. The highest BCUT2D eigenvalue weighted by molar-refractivity contribution is 7.98. The highest BCUT2D eigenvalue weighted by atomic mass is 32.2. The number of hydrogen-bond donors (Lipinski definition) is 1.